The Labute approximate surface area is 110 Å². The average molecular weight is 258 g/mol. The van der Waals surface area contributed by atoms with Crippen molar-refractivity contribution in [1.82, 2.24) is 10.2 Å². The second-order valence-corrected chi connectivity index (χ2v) is 5.17. The Hall–Kier alpha value is -2.17. The molecule has 0 aliphatic carbocycles. The van der Waals surface area contributed by atoms with E-state index in [-0.39, 0.29) is 11.8 Å². The van der Waals surface area contributed by atoms with Gasteiger partial charge in [0.2, 0.25) is 5.91 Å². The molecule has 2 fully saturated rings. The number of amides is 3. The van der Waals surface area contributed by atoms with Gasteiger partial charge in [0.05, 0.1) is 0 Å². The van der Waals surface area contributed by atoms with E-state index in [1.54, 1.807) is 19.1 Å². The molecule has 2 atom stereocenters. The molecular weight excluding hydrogens is 244 g/mol. The van der Waals surface area contributed by atoms with Crippen molar-refractivity contribution >= 4 is 17.7 Å². The Balaban J connectivity index is 2.10. The van der Waals surface area contributed by atoms with Crippen molar-refractivity contribution in [3.63, 3.8) is 0 Å². The number of fused-ring (bicyclic) bond motifs is 1. The van der Waals surface area contributed by atoms with Crippen LogP contribution in [-0.4, -0.2) is 28.2 Å². The van der Waals surface area contributed by atoms with Gasteiger partial charge in [-0.15, -0.1) is 0 Å². The van der Waals surface area contributed by atoms with Crippen LogP contribution >= 0.6 is 0 Å². The fourth-order valence-corrected chi connectivity index (χ4v) is 2.89. The Kier molecular flexibility index (Phi) is 2.45. The summed E-state index contributed by atoms with van der Waals surface area (Å²) < 4.78 is 0. The topological polar surface area (TPSA) is 66.5 Å². The first-order chi connectivity index (χ1) is 9.04. The number of nitrogens with one attached hydrogen (secondary N) is 1. The van der Waals surface area contributed by atoms with Gasteiger partial charge >= 0.3 is 0 Å². The lowest BCUT2D eigenvalue weighted by Crippen LogP contribution is -2.64. The summed E-state index contributed by atoms with van der Waals surface area (Å²) in [6.07, 6.45) is 0.759. The predicted molar refractivity (Wildman–Crippen MR) is 66.8 cm³/mol. The third kappa shape index (κ3) is 1.58. The zero-order valence-corrected chi connectivity index (χ0v) is 10.6. The van der Waals surface area contributed by atoms with Gasteiger partial charge in [-0.3, -0.25) is 19.7 Å². The first-order valence-corrected chi connectivity index (χ1v) is 6.26. The van der Waals surface area contributed by atoms with Gasteiger partial charge in [0, 0.05) is 6.42 Å². The number of nitrogens with zero attached hydrogens (tertiary/aromatic N) is 1. The number of benzene rings is 1. The smallest absolute Gasteiger partial charge is 0.254 e. The largest absolute Gasteiger partial charge is 0.312 e. The minimum Gasteiger partial charge on any atom is -0.312 e. The highest BCUT2D eigenvalue weighted by atomic mass is 16.2. The molecule has 19 heavy (non-hydrogen) atoms. The van der Waals surface area contributed by atoms with Crippen LogP contribution in [0, 0.1) is 0 Å². The fraction of sp³-hybridized carbons (Fsp3) is 0.357. The highest BCUT2D eigenvalue weighted by Gasteiger charge is 2.56. The van der Waals surface area contributed by atoms with E-state index in [9.17, 15) is 14.4 Å². The van der Waals surface area contributed by atoms with Gasteiger partial charge in [0.15, 0.2) is 0 Å². The second-order valence-electron chi connectivity index (χ2n) is 5.17. The van der Waals surface area contributed by atoms with Crippen LogP contribution in [0.2, 0.25) is 0 Å². The SMILES string of the molecule is C[C@]12CCC(=O)N1[C@H](c1ccccc1)C(=O)NC2=O. The van der Waals surface area contributed by atoms with E-state index in [0.717, 1.165) is 5.56 Å². The molecule has 2 aliphatic heterocycles. The molecule has 3 amide bonds. The first-order valence-electron chi connectivity index (χ1n) is 6.26. The van der Waals surface area contributed by atoms with E-state index in [1.807, 2.05) is 18.2 Å². The van der Waals surface area contributed by atoms with Gasteiger partial charge in [0.25, 0.3) is 11.8 Å². The van der Waals surface area contributed by atoms with E-state index >= 15 is 0 Å². The summed E-state index contributed by atoms with van der Waals surface area (Å²) in [4.78, 5) is 37.6. The van der Waals surface area contributed by atoms with Crippen LogP contribution in [0.4, 0.5) is 0 Å². The van der Waals surface area contributed by atoms with Crippen LogP contribution in [0.15, 0.2) is 30.3 Å². The lowest BCUT2D eigenvalue weighted by Gasteiger charge is -2.42. The third-order valence-corrected chi connectivity index (χ3v) is 3.97. The quantitative estimate of drug-likeness (QED) is 0.756. The number of hydrogen-bond donors (Lipinski definition) is 1. The first kappa shape index (κ1) is 11.9. The molecule has 98 valence electrons. The number of imide groups is 1. The molecule has 1 aromatic carbocycles. The maximum atomic E-state index is 12.1. The zero-order valence-electron chi connectivity index (χ0n) is 10.6. The van der Waals surface area contributed by atoms with Gasteiger partial charge in [-0.05, 0) is 18.9 Å². The molecule has 0 radical (unpaired) electrons. The van der Waals surface area contributed by atoms with Gasteiger partial charge in [-0.2, -0.15) is 0 Å². The van der Waals surface area contributed by atoms with Crippen LogP contribution in [0.5, 0.6) is 0 Å². The van der Waals surface area contributed by atoms with Crippen molar-refractivity contribution in [2.45, 2.75) is 31.3 Å². The molecular formula is C14H14N2O3. The monoisotopic (exact) mass is 258 g/mol. The van der Waals surface area contributed by atoms with Crippen molar-refractivity contribution in [2.75, 3.05) is 0 Å². The number of piperazine rings is 1. The summed E-state index contributed by atoms with van der Waals surface area (Å²) in [6.45, 7) is 1.72. The fourth-order valence-electron chi connectivity index (χ4n) is 2.89. The summed E-state index contributed by atoms with van der Waals surface area (Å²) in [5, 5.41) is 2.39. The van der Waals surface area contributed by atoms with Crippen LogP contribution in [0.1, 0.15) is 31.4 Å². The van der Waals surface area contributed by atoms with Crippen LogP contribution in [-0.2, 0) is 14.4 Å². The number of carbonyl (C=O) groups excluding carboxylic acids is 3. The molecule has 5 heteroatoms. The molecule has 0 aromatic heterocycles. The summed E-state index contributed by atoms with van der Waals surface area (Å²) in [5.74, 6) is -0.945. The molecule has 1 aromatic rings. The number of carbonyl (C=O) groups is 3. The Morgan fingerprint density at radius 1 is 1.21 bits per heavy atom. The molecule has 0 bridgehead atoms. The van der Waals surface area contributed by atoms with E-state index in [0.29, 0.717) is 12.8 Å². The summed E-state index contributed by atoms with van der Waals surface area (Å²) >= 11 is 0. The lowest BCUT2D eigenvalue weighted by molar-refractivity contribution is -0.156. The Morgan fingerprint density at radius 2 is 1.89 bits per heavy atom. The van der Waals surface area contributed by atoms with E-state index in [4.69, 9.17) is 0 Å². The molecule has 2 saturated heterocycles. The van der Waals surface area contributed by atoms with E-state index in [2.05, 4.69) is 5.32 Å². The lowest BCUT2D eigenvalue weighted by atomic mass is 9.90. The second kappa shape index (κ2) is 3.91. The maximum absolute atomic E-state index is 12.1. The molecule has 0 unspecified atom stereocenters. The Morgan fingerprint density at radius 3 is 2.58 bits per heavy atom. The van der Waals surface area contributed by atoms with Crippen molar-refractivity contribution in [2.24, 2.45) is 0 Å². The molecule has 2 aliphatic rings. The third-order valence-electron chi connectivity index (χ3n) is 3.97. The highest BCUT2D eigenvalue weighted by Crippen LogP contribution is 2.40. The predicted octanol–water partition coefficient (Wildman–Crippen LogP) is 0.765. The van der Waals surface area contributed by atoms with E-state index < -0.39 is 17.5 Å². The summed E-state index contributed by atoms with van der Waals surface area (Å²) in [5.41, 5.74) is -0.181. The van der Waals surface area contributed by atoms with E-state index in [1.165, 1.54) is 4.90 Å². The van der Waals surface area contributed by atoms with Gasteiger partial charge in [-0.1, -0.05) is 30.3 Å². The van der Waals surface area contributed by atoms with Crippen molar-refractivity contribution < 1.29 is 14.4 Å². The zero-order chi connectivity index (χ0) is 13.6. The molecule has 0 spiro atoms. The van der Waals surface area contributed by atoms with Crippen LogP contribution in [0.25, 0.3) is 0 Å². The van der Waals surface area contributed by atoms with Crippen LogP contribution in [0.3, 0.4) is 0 Å². The number of hydrogen-bond acceptors (Lipinski definition) is 3. The average Bonchev–Trinajstić information content (AvgIpc) is 2.70. The standard InChI is InChI=1S/C14H14N2O3/c1-14-8-7-10(17)16(14)11(12(18)15-13(14)19)9-5-3-2-4-6-9/h2-6,11H,7-8H2,1H3,(H,15,18,19)/t11-,14-/m1/s1. The minimum atomic E-state index is -0.911. The molecule has 0 saturated carbocycles. The molecule has 1 N–H and O–H groups in total. The Bertz CT molecular complexity index is 569. The van der Waals surface area contributed by atoms with Crippen molar-refractivity contribution in [1.29, 1.82) is 0 Å². The molecule has 3 rings (SSSR count). The number of rotatable bonds is 1. The maximum Gasteiger partial charge on any atom is 0.254 e. The van der Waals surface area contributed by atoms with Crippen LogP contribution < -0.4 is 5.32 Å². The van der Waals surface area contributed by atoms with Crippen molar-refractivity contribution in [3.05, 3.63) is 35.9 Å². The van der Waals surface area contributed by atoms with Gasteiger partial charge in [0.1, 0.15) is 11.6 Å². The van der Waals surface area contributed by atoms with Gasteiger partial charge in [-0.25, -0.2) is 0 Å². The van der Waals surface area contributed by atoms with Gasteiger partial charge < -0.3 is 4.90 Å². The summed E-state index contributed by atoms with van der Waals surface area (Å²) in [6, 6.07) is 8.37. The minimum absolute atomic E-state index is 0.139. The normalized spacial score (nSPS) is 30.3. The van der Waals surface area contributed by atoms with Crippen molar-refractivity contribution in [3.8, 4) is 0 Å². The molecule has 2 heterocycles. The molecule has 5 nitrogen and oxygen atoms in total. The highest BCUT2D eigenvalue weighted by molar-refractivity contribution is 6.09. The summed E-state index contributed by atoms with van der Waals surface area (Å²) in [7, 11) is 0.